The maximum atomic E-state index is 12.9. The number of hydrogen-bond donors (Lipinski definition) is 2. The monoisotopic (exact) mass is 315 g/mol. The number of aryl methyl sites for hydroxylation is 1. The number of halogens is 1. The molecule has 122 valence electrons. The van der Waals surface area contributed by atoms with E-state index in [9.17, 15) is 14.3 Å². The van der Waals surface area contributed by atoms with Crippen LogP contribution < -0.4 is 5.32 Å². The molecule has 0 aliphatic heterocycles. The number of nitrogens with one attached hydrogen (secondary N) is 1. The van der Waals surface area contributed by atoms with Crippen molar-refractivity contribution in [3.8, 4) is 0 Å². The Balaban J connectivity index is 1.86. The molecule has 0 aromatic heterocycles. The van der Waals surface area contributed by atoms with Gasteiger partial charge in [-0.25, -0.2) is 4.39 Å². The summed E-state index contributed by atoms with van der Waals surface area (Å²) in [5.74, 6) is -1.09. The highest BCUT2D eigenvalue weighted by Crippen LogP contribution is 2.09. The molecule has 2 atom stereocenters. The smallest absolute Gasteiger partial charge is 0.321 e. The lowest BCUT2D eigenvalue weighted by Gasteiger charge is -2.20. The van der Waals surface area contributed by atoms with Crippen LogP contribution in [0.2, 0.25) is 0 Å². The van der Waals surface area contributed by atoms with Crippen molar-refractivity contribution < 1.29 is 14.3 Å². The summed E-state index contributed by atoms with van der Waals surface area (Å²) in [6.07, 6.45) is 2.04. The van der Waals surface area contributed by atoms with Crippen LogP contribution >= 0.6 is 0 Å². The predicted molar refractivity (Wildman–Crippen MR) is 88.9 cm³/mol. The molecule has 0 saturated heterocycles. The summed E-state index contributed by atoms with van der Waals surface area (Å²) in [5, 5.41) is 12.6. The zero-order chi connectivity index (χ0) is 16.7. The van der Waals surface area contributed by atoms with Gasteiger partial charge in [0.2, 0.25) is 0 Å². The standard InChI is InChI=1S/C19H22FNO2/c1-14(7-8-15-9-11-17(20)12-10-15)21-18(19(22)23)13-16-5-3-2-4-6-16/h2-6,9-12,14,18,21H,7-8,13H2,1H3,(H,22,23)/t14?,18-/m0/s1. The predicted octanol–water partition coefficient (Wildman–Crippen LogP) is 3.43. The van der Waals surface area contributed by atoms with E-state index in [1.165, 1.54) is 12.1 Å². The van der Waals surface area contributed by atoms with Crippen LogP contribution in [0, 0.1) is 5.82 Å². The van der Waals surface area contributed by atoms with E-state index in [1.54, 1.807) is 12.1 Å². The average molecular weight is 315 g/mol. The number of aliphatic carboxylic acids is 1. The van der Waals surface area contributed by atoms with Crippen LogP contribution in [0.25, 0.3) is 0 Å². The van der Waals surface area contributed by atoms with Crippen molar-refractivity contribution in [2.75, 3.05) is 0 Å². The Labute approximate surface area is 136 Å². The Morgan fingerprint density at radius 2 is 1.74 bits per heavy atom. The van der Waals surface area contributed by atoms with Gasteiger partial charge in [-0.2, -0.15) is 0 Å². The molecule has 0 heterocycles. The SMILES string of the molecule is CC(CCc1ccc(F)cc1)N[C@@H](Cc1ccccc1)C(=O)O. The van der Waals surface area contributed by atoms with E-state index in [1.807, 2.05) is 37.3 Å². The highest BCUT2D eigenvalue weighted by atomic mass is 19.1. The summed E-state index contributed by atoms with van der Waals surface area (Å²) in [4.78, 5) is 11.4. The minimum atomic E-state index is -0.845. The molecular formula is C19H22FNO2. The van der Waals surface area contributed by atoms with Gasteiger partial charge in [0.1, 0.15) is 11.9 Å². The maximum absolute atomic E-state index is 12.9. The molecule has 2 rings (SSSR count). The van der Waals surface area contributed by atoms with Crippen molar-refractivity contribution in [1.29, 1.82) is 0 Å². The molecule has 1 unspecified atom stereocenters. The van der Waals surface area contributed by atoms with E-state index >= 15 is 0 Å². The highest BCUT2D eigenvalue weighted by Gasteiger charge is 2.19. The quantitative estimate of drug-likeness (QED) is 0.784. The second-order valence-electron chi connectivity index (χ2n) is 5.81. The second kappa shape index (κ2) is 8.44. The number of benzene rings is 2. The summed E-state index contributed by atoms with van der Waals surface area (Å²) >= 11 is 0. The van der Waals surface area contributed by atoms with Crippen molar-refractivity contribution in [3.63, 3.8) is 0 Å². The molecule has 0 aliphatic rings. The van der Waals surface area contributed by atoms with Crippen LogP contribution in [0.4, 0.5) is 4.39 Å². The van der Waals surface area contributed by atoms with Gasteiger partial charge in [-0.1, -0.05) is 42.5 Å². The molecular weight excluding hydrogens is 293 g/mol. The van der Waals surface area contributed by atoms with Crippen LogP contribution in [-0.2, 0) is 17.6 Å². The third-order valence-corrected chi connectivity index (χ3v) is 3.85. The molecule has 0 amide bonds. The Bertz CT molecular complexity index is 613. The van der Waals surface area contributed by atoms with E-state index in [0.29, 0.717) is 6.42 Å². The Morgan fingerprint density at radius 3 is 2.35 bits per heavy atom. The molecule has 23 heavy (non-hydrogen) atoms. The maximum Gasteiger partial charge on any atom is 0.321 e. The fourth-order valence-corrected chi connectivity index (χ4v) is 2.53. The third-order valence-electron chi connectivity index (χ3n) is 3.85. The lowest BCUT2D eigenvalue weighted by Crippen LogP contribution is -2.43. The topological polar surface area (TPSA) is 49.3 Å². The molecule has 4 heteroatoms. The summed E-state index contributed by atoms with van der Waals surface area (Å²) in [5.41, 5.74) is 2.05. The zero-order valence-electron chi connectivity index (χ0n) is 13.2. The molecule has 0 bridgehead atoms. The zero-order valence-corrected chi connectivity index (χ0v) is 13.2. The van der Waals surface area contributed by atoms with Crippen LogP contribution in [0.3, 0.4) is 0 Å². The van der Waals surface area contributed by atoms with Crippen molar-refractivity contribution in [2.45, 2.75) is 38.3 Å². The molecule has 0 saturated carbocycles. The van der Waals surface area contributed by atoms with Gasteiger partial charge in [0.15, 0.2) is 0 Å². The molecule has 2 aromatic rings. The number of carboxylic acids is 1. The van der Waals surface area contributed by atoms with E-state index in [4.69, 9.17) is 0 Å². The average Bonchev–Trinajstić information content (AvgIpc) is 2.54. The number of hydrogen-bond acceptors (Lipinski definition) is 2. The molecule has 0 radical (unpaired) electrons. The Morgan fingerprint density at radius 1 is 1.09 bits per heavy atom. The first-order valence-electron chi connectivity index (χ1n) is 7.82. The first-order chi connectivity index (χ1) is 11.0. The fourth-order valence-electron chi connectivity index (χ4n) is 2.53. The van der Waals surface area contributed by atoms with Crippen LogP contribution in [0.5, 0.6) is 0 Å². The molecule has 2 aromatic carbocycles. The molecule has 0 fully saturated rings. The molecule has 3 nitrogen and oxygen atoms in total. The van der Waals surface area contributed by atoms with Crippen LogP contribution in [0.15, 0.2) is 54.6 Å². The van der Waals surface area contributed by atoms with Gasteiger partial charge in [0.25, 0.3) is 0 Å². The van der Waals surface area contributed by atoms with Crippen molar-refractivity contribution in [3.05, 3.63) is 71.5 Å². The van der Waals surface area contributed by atoms with Crippen molar-refractivity contribution in [1.82, 2.24) is 5.32 Å². The lowest BCUT2D eigenvalue weighted by atomic mass is 10.0. The summed E-state index contributed by atoms with van der Waals surface area (Å²) < 4.78 is 12.9. The van der Waals surface area contributed by atoms with Gasteiger partial charge in [-0.3, -0.25) is 4.79 Å². The third kappa shape index (κ3) is 5.83. The molecule has 0 aliphatic carbocycles. The van der Waals surface area contributed by atoms with Crippen molar-refractivity contribution >= 4 is 5.97 Å². The van der Waals surface area contributed by atoms with E-state index in [-0.39, 0.29) is 11.9 Å². The number of carbonyl (C=O) groups is 1. The molecule has 2 N–H and O–H groups in total. The Hall–Kier alpha value is -2.20. The van der Waals surface area contributed by atoms with Gasteiger partial charge < -0.3 is 10.4 Å². The van der Waals surface area contributed by atoms with Gasteiger partial charge in [-0.05, 0) is 49.4 Å². The number of carboxylic acid groups (broad SMARTS) is 1. The second-order valence-corrected chi connectivity index (χ2v) is 5.81. The van der Waals surface area contributed by atoms with Crippen LogP contribution in [-0.4, -0.2) is 23.2 Å². The first-order valence-corrected chi connectivity index (χ1v) is 7.82. The van der Waals surface area contributed by atoms with Gasteiger partial charge in [0.05, 0.1) is 0 Å². The highest BCUT2D eigenvalue weighted by molar-refractivity contribution is 5.74. The van der Waals surface area contributed by atoms with E-state index in [0.717, 1.165) is 24.0 Å². The minimum Gasteiger partial charge on any atom is -0.480 e. The van der Waals surface area contributed by atoms with Gasteiger partial charge in [-0.15, -0.1) is 0 Å². The van der Waals surface area contributed by atoms with E-state index in [2.05, 4.69) is 5.32 Å². The fraction of sp³-hybridized carbons (Fsp3) is 0.316. The van der Waals surface area contributed by atoms with Gasteiger partial charge >= 0.3 is 5.97 Å². The van der Waals surface area contributed by atoms with Crippen LogP contribution in [0.1, 0.15) is 24.5 Å². The summed E-state index contributed by atoms with van der Waals surface area (Å²) in [6, 6.07) is 15.5. The normalized spacial score (nSPS) is 13.5. The summed E-state index contributed by atoms with van der Waals surface area (Å²) in [7, 11) is 0. The Kier molecular flexibility index (Phi) is 6.29. The molecule has 0 spiro atoms. The lowest BCUT2D eigenvalue weighted by molar-refractivity contribution is -0.139. The minimum absolute atomic E-state index is 0.0601. The van der Waals surface area contributed by atoms with E-state index < -0.39 is 12.0 Å². The number of rotatable bonds is 8. The summed E-state index contributed by atoms with van der Waals surface area (Å²) in [6.45, 7) is 1.98. The largest absolute Gasteiger partial charge is 0.480 e. The first kappa shape index (κ1) is 17.2. The van der Waals surface area contributed by atoms with Gasteiger partial charge in [0, 0.05) is 6.04 Å². The van der Waals surface area contributed by atoms with Crippen molar-refractivity contribution in [2.24, 2.45) is 0 Å².